The number of benzene rings is 4. The van der Waals surface area contributed by atoms with Crippen molar-refractivity contribution < 1.29 is 45.5 Å². The molecule has 4 aromatic rings. The Labute approximate surface area is 262 Å². The molecule has 0 saturated heterocycles. The smallest absolute Gasteiger partial charge is 0.399 e. The average molecular weight is 653 g/mol. The highest BCUT2D eigenvalue weighted by Crippen LogP contribution is 2.57. The van der Waals surface area contributed by atoms with Crippen molar-refractivity contribution in [2.75, 3.05) is 11.5 Å². The van der Waals surface area contributed by atoms with Gasteiger partial charge < -0.3 is 11.5 Å². The van der Waals surface area contributed by atoms with Crippen LogP contribution in [0.1, 0.15) is 63.7 Å². The number of anilines is 2. The minimum atomic E-state index is -6.07. The number of nitrogens with two attached hydrogens (primary N) is 2. The molecule has 0 atom stereocenters. The van der Waals surface area contributed by atoms with Gasteiger partial charge in [0.05, 0.1) is 35.3 Å². The van der Waals surface area contributed by atoms with E-state index in [2.05, 4.69) is 0 Å². The van der Waals surface area contributed by atoms with Gasteiger partial charge in [-0.1, -0.05) is 36.4 Å². The van der Waals surface area contributed by atoms with E-state index in [1.54, 1.807) is 0 Å². The van der Waals surface area contributed by atoms with Crippen LogP contribution in [-0.2, 0) is 18.5 Å². The van der Waals surface area contributed by atoms with Gasteiger partial charge in [-0.15, -0.1) is 0 Å². The first-order valence-corrected chi connectivity index (χ1v) is 13.9. The lowest BCUT2D eigenvalue weighted by atomic mass is 9.71. The summed E-state index contributed by atoms with van der Waals surface area (Å²) in [4.78, 5) is 54.0. The second-order valence-corrected chi connectivity index (χ2v) is 11.1. The maximum atomic E-state index is 15.0. The third kappa shape index (κ3) is 4.87. The van der Waals surface area contributed by atoms with E-state index in [0.717, 1.165) is 12.1 Å². The van der Waals surface area contributed by atoms with Crippen LogP contribution in [0.4, 0.5) is 37.7 Å². The number of nitrogen functional groups attached to an aromatic ring is 2. The topological polar surface area (TPSA) is 127 Å². The van der Waals surface area contributed by atoms with E-state index in [1.807, 2.05) is 0 Å². The number of halogens is 6. The number of carbonyl (C=O) groups is 4. The zero-order valence-corrected chi connectivity index (χ0v) is 23.9. The quantitative estimate of drug-likeness (QED) is 0.153. The average Bonchev–Trinajstić information content (AvgIpc) is 3.38. The fourth-order valence-corrected chi connectivity index (χ4v) is 5.93. The Morgan fingerprint density at radius 2 is 0.787 bits per heavy atom. The van der Waals surface area contributed by atoms with E-state index in [-0.39, 0.29) is 24.2 Å². The van der Waals surface area contributed by atoms with Crippen molar-refractivity contribution in [2.24, 2.45) is 0 Å². The molecule has 2 aliphatic rings. The second kappa shape index (κ2) is 10.7. The molecule has 4 amide bonds. The van der Waals surface area contributed by atoms with Gasteiger partial charge in [-0.2, -0.15) is 26.3 Å². The molecule has 0 aliphatic carbocycles. The highest BCUT2D eigenvalue weighted by Gasteiger charge is 2.73. The largest absolute Gasteiger partial charge is 0.411 e. The molecule has 2 heterocycles. The Balaban J connectivity index is 1.43. The Morgan fingerprint density at radius 1 is 0.468 bits per heavy atom. The maximum Gasteiger partial charge on any atom is 0.411 e. The van der Waals surface area contributed by atoms with Gasteiger partial charge in [0.25, 0.3) is 23.6 Å². The number of carbonyl (C=O) groups excluding carboxylic acids is 4. The molecule has 8 nitrogen and oxygen atoms in total. The first-order valence-electron chi connectivity index (χ1n) is 13.9. The summed E-state index contributed by atoms with van der Waals surface area (Å²) in [5.74, 6) is -3.98. The lowest BCUT2D eigenvalue weighted by Crippen LogP contribution is -2.55. The molecule has 14 heteroatoms. The minimum absolute atomic E-state index is 0.306. The van der Waals surface area contributed by atoms with E-state index >= 15 is 26.3 Å². The van der Waals surface area contributed by atoms with Crippen LogP contribution < -0.4 is 11.5 Å². The molecule has 47 heavy (non-hydrogen) atoms. The van der Waals surface area contributed by atoms with Gasteiger partial charge in [-0.05, 0) is 70.8 Å². The second-order valence-electron chi connectivity index (χ2n) is 11.1. The lowest BCUT2D eigenvalue weighted by molar-refractivity contribution is -0.288. The Kier molecular flexibility index (Phi) is 7.14. The van der Waals surface area contributed by atoms with E-state index < -0.39 is 63.7 Å². The van der Waals surface area contributed by atoms with Crippen molar-refractivity contribution in [1.82, 2.24) is 9.80 Å². The van der Waals surface area contributed by atoms with E-state index in [9.17, 15) is 19.2 Å². The molecule has 0 radical (unpaired) electrons. The number of hydrogen-bond acceptors (Lipinski definition) is 6. The molecule has 0 saturated carbocycles. The van der Waals surface area contributed by atoms with Crippen LogP contribution in [0.15, 0.2) is 84.9 Å². The van der Waals surface area contributed by atoms with Crippen molar-refractivity contribution in [1.29, 1.82) is 0 Å². The Morgan fingerprint density at radius 3 is 1.11 bits per heavy atom. The summed E-state index contributed by atoms with van der Waals surface area (Å²) in [6, 6.07) is 15.3. The van der Waals surface area contributed by atoms with Crippen molar-refractivity contribution in [3.8, 4) is 0 Å². The zero-order chi connectivity index (χ0) is 34.1. The van der Waals surface area contributed by atoms with Crippen molar-refractivity contribution in [3.05, 3.63) is 129 Å². The molecule has 0 aromatic heterocycles. The molecule has 0 spiro atoms. The minimum Gasteiger partial charge on any atom is -0.399 e. The lowest BCUT2D eigenvalue weighted by Gasteiger charge is -2.38. The van der Waals surface area contributed by atoms with E-state index in [4.69, 9.17) is 11.5 Å². The monoisotopic (exact) mass is 652 g/mol. The number of rotatable bonds is 6. The van der Waals surface area contributed by atoms with Gasteiger partial charge in [0.1, 0.15) is 0 Å². The Hall–Kier alpha value is -5.66. The molecule has 6 rings (SSSR count). The van der Waals surface area contributed by atoms with Gasteiger partial charge in [-0.25, -0.2) is 0 Å². The highest BCUT2D eigenvalue weighted by atomic mass is 19.4. The van der Waals surface area contributed by atoms with Gasteiger partial charge in [-0.3, -0.25) is 29.0 Å². The zero-order valence-electron chi connectivity index (χ0n) is 23.9. The number of hydrogen-bond donors (Lipinski definition) is 2. The molecular weight excluding hydrogens is 630 g/mol. The summed E-state index contributed by atoms with van der Waals surface area (Å²) in [7, 11) is 0. The molecule has 2 aliphatic heterocycles. The first kappa shape index (κ1) is 31.3. The highest BCUT2D eigenvalue weighted by molar-refractivity contribution is 6.22. The standard InChI is InChI=1S/C33H22F6N4O4/c34-32(35,36)31(33(37,38)39,19-5-11-23-25(13-19)29(46)42(27(23)44)15-17-1-7-21(40)8-2-17)20-6-12-24-26(14-20)30(47)43(28(24)45)16-18-3-9-22(41)10-4-18/h1-14H,15-16,40-41H2. The predicted octanol–water partition coefficient (Wildman–Crippen LogP) is 5.85. The van der Waals surface area contributed by atoms with Crippen LogP contribution in [-0.4, -0.2) is 45.8 Å². The molecule has 0 bridgehead atoms. The summed E-state index contributed by atoms with van der Waals surface area (Å²) in [6.45, 7) is -0.612. The fraction of sp³-hybridized carbons (Fsp3) is 0.152. The van der Waals surface area contributed by atoms with Gasteiger partial charge in [0, 0.05) is 11.4 Å². The first-order chi connectivity index (χ1) is 22.0. The van der Waals surface area contributed by atoms with Crippen LogP contribution in [0.5, 0.6) is 0 Å². The number of imide groups is 2. The Bertz CT molecular complexity index is 1830. The molecule has 4 aromatic carbocycles. The number of alkyl halides is 6. The summed E-state index contributed by atoms with van der Waals surface area (Å²) in [6.07, 6.45) is -12.1. The van der Waals surface area contributed by atoms with E-state index in [0.29, 0.717) is 56.6 Å². The third-order valence-electron chi connectivity index (χ3n) is 8.30. The number of nitrogens with zero attached hydrogens (tertiary/aromatic N) is 2. The van der Waals surface area contributed by atoms with Gasteiger partial charge >= 0.3 is 12.4 Å². The molecule has 0 unspecified atom stereocenters. The third-order valence-corrected chi connectivity index (χ3v) is 8.30. The predicted molar refractivity (Wildman–Crippen MR) is 156 cm³/mol. The molecule has 4 N–H and O–H groups in total. The van der Waals surface area contributed by atoms with Crippen LogP contribution in [0.25, 0.3) is 0 Å². The maximum absolute atomic E-state index is 15.0. The van der Waals surface area contributed by atoms with Crippen LogP contribution in [0, 0.1) is 0 Å². The normalized spacial score (nSPS) is 15.0. The van der Waals surface area contributed by atoms with Gasteiger partial charge in [0.15, 0.2) is 0 Å². The summed E-state index contributed by atoms with van der Waals surface area (Å²) in [5, 5.41) is 0. The van der Waals surface area contributed by atoms with Gasteiger partial charge in [0.2, 0.25) is 5.41 Å². The van der Waals surface area contributed by atoms with E-state index in [1.165, 1.54) is 48.5 Å². The van der Waals surface area contributed by atoms with Crippen molar-refractivity contribution >= 4 is 35.0 Å². The van der Waals surface area contributed by atoms with Crippen LogP contribution in [0.3, 0.4) is 0 Å². The van der Waals surface area contributed by atoms with Crippen molar-refractivity contribution in [2.45, 2.75) is 30.9 Å². The SMILES string of the molecule is Nc1ccc(CN2C(=O)c3ccc(C(c4ccc5c(c4)C(=O)N(Cc4ccc(N)cc4)C5=O)(C(F)(F)F)C(F)(F)F)cc3C2=O)cc1. The summed E-state index contributed by atoms with van der Waals surface area (Å²) in [5.41, 5.74) is 3.35. The molecular formula is C33H22F6N4O4. The summed E-state index contributed by atoms with van der Waals surface area (Å²) >= 11 is 0. The molecule has 0 fully saturated rings. The fourth-order valence-electron chi connectivity index (χ4n) is 5.93. The molecule has 240 valence electrons. The van der Waals surface area contributed by atoms with Crippen molar-refractivity contribution in [3.63, 3.8) is 0 Å². The van der Waals surface area contributed by atoms with Crippen LogP contribution >= 0.6 is 0 Å². The number of amides is 4. The summed E-state index contributed by atoms with van der Waals surface area (Å²) < 4.78 is 90.1. The number of fused-ring (bicyclic) bond motifs is 2. The van der Waals surface area contributed by atoms with Crippen LogP contribution in [0.2, 0.25) is 0 Å².